The smallest absolute Gasteiger partial charge is 0.411 e. The van der Waals surface area contributed by atoms with Crippen LogP contribution in [-0.2, 0) is 4.74 Å². The fraction of sp³-hybridized carbons (Fsp3) is 0.400. The van der Waals surface area contributed by atoms with Gasteiger partial charge in [-0.2, -0.15) is 4.98 Å². The SMILES string of the molecule is CC(C)(C)OC(=O)N1C(c2nc(-c3ccc(C#Cc4ccccn4)cn3)no2)CCC1(C)C. The molecule has 1 amide bonds. The van der Waals surface area contributed by atoms with E-state index in [0.717, 1.165) is 12.0 Å². The second-order valence-electron chi connectivity index (χ2n) is 9.57. The summed E-state index contributed by atoms with van der Waals surface area (Å²) in [5.41, 5.74) is 1.04. The molecule has 0 saturated carbocycles. The summed E-state index contributed by atoms with van der Waals surface area (Å²) in [4.78, 5) is 27.8. The van der Waals surface area contributed by atoms with Crippen molar-refractivity contribution in [1.82, 2.24) is 25.0 Å². The molecule has 0 aliphatic carbocycles. The van der Waals surface area contributed by atoms with Gasteiger partial charge >= 0.3 is 6.09 Å². The molecule has 8 heteroatoms. The van der Waals surface area contributed by atoms with E-state index in [1.54, 1.807) is 23.4 Å². The van der Waals surface area contributed by atoms with Crippen molar-refractivity contribution in [2.45, 2.75) is 64.6 Å². The van der Waals surface area contributed by atoms with Crippen LogP contribution in [-0.4, -0.2) is 42.2 Å². The van der Waals surface area contributed by atoms with Gasteiger partial charge in [0.15, 0.2) is 0 Å². The van der Waals surface area contributed by atoms with Crippen LogP contribution >= 0.6 is 0 Å². The van der Waals surface area contributed by atoms with Gasteiger partial charge < -0.3 is 9.26 Å². The molecule has 170 valence electrons. The predicted molar refractivity (Wildman–Crippen MR) is 122 cm³/mol. The summed E-state index contributed by atoms with van der Waals surface area (Å²) in [5.74, 6) is 6.78. The Morgan fingerprint density at radius 1 is 1.18 bits per heavy atom. The number of amides is 1. The number of nitrogens with zero attached hydrogens (tertiary/aromatic N) is 5. The van der Waals surface area contributed by atoms with Crippen molar-refractivity contribution in [2.75, 3.05) is 0 Å². The molecule has 1 fully saturated rings. The van der Waals surface area contributed by atoms with E-state index < -0.39 is 5.60 Å². The van der Waals surface area contributed by atoms with Crippen molar-refractivity contribution in [3.63, 3.8) is 0 Å². The largest absolute Gasteiger partial charge is 0.444 e. The molecule has 33 heavy (non-hydrogen) atoms. The molecule has 1 unspecified atom stereocenters. The molecule has 0 bridgehead atoms. The number of rotatable bonds is 2. The molecule has 0 aromatic carbocycles. The molecule has 0 radical (unpaired) electrons. The minimum absolute atomic E-state index is 0.348. The highest BCUT2D eigenvalue weighted by Crippen LogP contribution is 2.43. The van der Waals surface area contributed by atoms with Gasteiger partial charge in [0.1, 0.15) is 23.0 Å². The zero-order valence-electron chi connectivity index (χ0n) is 19.5. The lowest BCUT2D eigenvalue weighted by atomic mass is 10.0. The van der Waals surface area contributed by atoms with E-state index in [0.29, 0.717) is 29.5 Å². The number of carbonyl (C=O) groups excluding carboxylic acids is 1. The number of hydrogen-bond donors (Lipinski definition) is 0. The van der Waals surface area contributed by atoms with Gasteiger partial charge in [0, 0.05) is 23.5 Å². The molecule has 4 heterocycles. The molecule has 0 spiro atoms. The third-order valence-corrected chi connectivity index (χ3v) is 5.30. The minimum atomic E-state index is -0.592. The van der Waals surface area contributed by atoms with Gasteiger partial charge in [0.25, 0.3) is 0 Å². The highest BCUT2D eigenvalue weighted by molar-refractivity contribution is 5.70. The van der Waals surface area contributed by atoms with Gasteiger partial charge in [-0.25, -0.2) is 9.78 Å². The van der Waals surface area contributed by atoms with Gasteiger partial charge in [-0.05, 0) is 77.6 Å². The zero-order chi connectivity index (χ0) is 23.6. The van der Waals surface area contributed by atoms with E-state index in [4.69, 9.17) is 9.26 Å². The topological polar surface area (TPSA) is 94.2 Å². The third-order valence-electron chi connectivity index (χ3n) is 5.30. The fourth-order valence-corrected chi connectivity index (χ4v) is 3.73. The van der Waals surface area contributed by atoms with Crippen molar-refractivity contribution in [2.24, 2.45) is 0 Å². The highest BCUT2D eigenvalue weighted by Gasteiger charge is 2.47. The predicted octanol–water partition coefficient (Wildman–Crippen LogP) is 4.78. The van der Waals surface area contributed by atoms with Crippen molar-refractivity contribution < 1.29 is 14.1 Å². The quantitative estimate of drug-likeness (QED) is 0.524. The average molecular weight is 446 g/mol. The first kappa shape index (κ1) is 22.5. The Morgan fingerprint density at radius 2 is 2.00 bits per heavy atom. The molecule has 3 aromatic rings. The Hall–Kier alpha value is -3.73. The normalized spacial score (nSPS) is 17.4. The van der Waals surface area contributed by atoms with E-state index in [2.05, 4.69) is 31.9 Å². The molecular formula is C25H27N5O3. The number of pyridine rings is 2. The van der Waals surface area contributed by atoms with Crippen LogP contribution in [0.2, 0.25) is 0 Å². The first-order chi connectivity index (χ1) is 15.6. The summed E-state index contributed by atoms with van der Waals surface area (Å²) in [7, 11) is 0. The second-order valence-corrected chi connectivity index (χ2v) is 9.57. The molecular weight excluding hydrogens is 418 g/mol. The van der Waals surface area contributed by atoms with Crippen LogP contribution < -0.4 is 0 Å². The van der Waals surface area contributed by atoms with Crippen LogP contribution in [0, 0.1) is 11.8 Å². The van der Waals surface area contributed by atoms with Crippen LogP contribution in [0.5, 0.6) is 0 Å². The van der Waals surface area contributed by atoms with E-state index in [1.807, 2.05) is 58.9 Å². The zero-order valence-corrected chi connectivity index (χ0v) is 19.5. The first-order valence-corrected chi connectivity index (χ1v) is 10.9. The van der Waals surface area contributed by atoms with Gasteiger partial charge in [-0.15, -0.1) is 0 Å². The van der Waals surface area contributed by atoms with Crippen molar-refractivity contribution in [3.05, 3.63) is 59.9 Å². The van der Waals surface area contributed by atoms with Gasteiger partial charge in [0.2, 0.25) is 11.7 Å². The fourth-order valence-electron chi connectivity index (χ4n) is 3.73. The highest BCUT2D eigenvalue weighted by atomic mass is 16.6. The van der Waals surface area contributed by atoms with Crippen LogP contribution in [0.1, 0.15) is 70.7 Å². The van der Waals surface area contributed by atoms with E-state index >= 15 is 0 Å². The number of hydrogen-bond acceptors (Lipinski definition) is 7. The number of carbonyl (C=O) groups is 1. The lowest BCUT2D eigenvalue weighted by Crippen LogP contribution is -2.46. The Labute approximate surface area is 193 Å². The Balaban J connectivity index is 1.52. The Morgan fingerprint density at radius 3 is 2.67 bits per heavy atom. The molecule has 1 aliphatic rings. The maximum atomic E-state index is 12.9. The van der Waals surface area contributed by atoms with Crippen molar-refractivity contribution in [3.8, 4) is 23.4 Å². The number of ether oxygens (including phenoxy) is 1. The van der Waals surface area contributed by atoms with Crippen LogP contribution in [0.15, 0.2) is 47.2 Å². The molecule has 1 atom stereocenters. The Kier molecular flexibility index (Phi) is 5.90. The monoisotopic (exact) mass is 445 g/mol. The second kappa shape index (κ2) is 8.66. The summed E-state index contributed by atoms with van der Waals surface area (Å²) in [6.07, 6.45) is 4.49. The van der Waals surface area contributed by atoms with Crippen LogP contribution in [0.3, 0.4) is 0 Å². The summed E-state index contributed by atoms with van der Waals surface area (Å²) >= 11 is 0. The molecule has 8 nitrogen and oxygen atoms in total. The Bertz CT molecular complexity index is 1180. The van der Waals surface area contributed by atoms with E-state index in [1.165, 1.54) is 0 Å². The first-order valence-electron chi connectivity index (χ1n) is 10.9. The molecule has 3 aromatic heterocycles. The van der Waals surface area contributed by atoms with Gasteiger partial charge in [-0.1, -0.05) is 17.1 Å². The summed E-state index contributed by atoms with van der Waals surface area (Å²) in [6, 6.07) is 8.88. The maximum absolute atomic E-state index is 12.9. The molecule has 1 saturated heterocycles. The van der Waals surface area contributed by atoms with Gasteiger partial charge in [0.05, 0.1) is 0 Å². The van der Waals surface area contributed by atoms with Crippen LogP contribution in [0.4, 0.5) is 4.79 Å². The van der Waals surface area contributed by atoms with Crippen LogP contribution in [0.25, 0.3) is 11.5 Å². The molecule has 4 rings (SSSR count). The summed E-state index contributed by atoms with van der Waals surface area (Å²) in [5, 5.41) is 4.10. The van der Waals surface area contributed by atoms with Crippen molar-refractivity contribution in [1.29, 1.82) is 0 Å². The van der Waals surface area contributed by atoms with E-state index in [-0.39, 0.29) is 17.7 Å². The maximum Gasteiger partial charge on any atom is 0.411 e. The number of likely N-dealkylation sites (tertiary alicyclic amines) is 1. The lowest BCUT2D eigenvalue weighted by molar-refractivity contribution is 0.000296. The lowest BCUT2D eigenvalue weighted by Gasteiger charge is -2.35. The molecule has 0 N–H and O–H groups in total. The minimum Gasteiger partial charge on any atom is -0.444 e. The van der Waals surface area contributed by atoms with Crippen molar-refractivity contribution >= 4 is 6.09 Å². The summed E-state index contributed by atoms with van der Waals surface area (Å²) in [6.45, 7) is 9.58. The standard InChI is InChI=1S/C25H27N5O3/c1-24(2,3)32-23(31)30-20(13-14-25(30,4)5)22-28-21(29-33-22)19-12-10-17(16-27-19)9-11-18-8-6-7-15-26-18/h6-8,10,12,15-16,20H,13-14H2,1-5H3. The summed E-state index contributed by atoms with van der Waals surface area (Å²) < 4.78 is 11.2. The average Bonchev–Trinajstić information content (AvgIpc) is 3.36. The van der Waals surface area contributed by atoms with E-state index in [9.17, 15) is 4.79 Å². The third kappa shape index (κ3) is 5.20. The van der Waals surface area contributed by atoms with Gasteiger partial charge in [-0.3, -0.25) is 9.88 Å². The number of aromatic nitrogens is 4. The molecule has 1 aliphatic heterocycles.